The van der Waals surface area contributed by atoms with Crippen LogP contribution in [0.5, 0.6) is 5.75 Å². The van der Waals surface area contributed by atoms with E-state index in [0.717, 1.165) is 0 Å². The smallest absolute Gasteiger partial charge is 0.251 e. The maximum atomic E-state index is 11.4. The third-order valence-corrected chi connectivity index (χ3v) is 1.85. The van der Waals surface area contributed by atoms with E-state index in [2.05, 4.69) is 5.32 Å². The first-order valence-corrected chi connectivity index (χ1v) is 4.34. The molecule has 0 fully saturated rings. The van der Waals surface area contributed by atoms with Gasteiger partial charge in [-0.15, -0.1) is 0 Å². The number of phenolic OH excluding ortho intramolecular Hbond substituents is 1. The van der Waals surface area contributed by atoms with Crippen LogP contribution in [-0.2, 0) is 0 Å². The summed E-state index contributed by atoms with van der Waals surface area (Å²) in [5, 5.41) is 20.2. The highest BCUT2D eigenvalue weighted by molar-refractivity contribution is 5.95. The fraction of sp³-hybridized carbons (Fsp3) is 0.300. The molecule has 1 aromatic carbocycles. The maximum absolute atomic E-state index is 11.4. The summed E-state index contributed by atoms with van der Waals surface area (Å²) in [6, 6.07) is 4.53. The van der Waals surface area contributed by atoms with Gasteiger partial charge in [-0.2, -0.15) is 0 Å². The van der Waals surface area contributed by atoms with Gasteiger partial charge in [-0.3, -0.25) is 4.79 Å². The Balaban J connectivity index is 2.80. The molecule has 4 heteroatoms. The van der Waals surface area contributed by atoms with Crippen molar-refractivity contribution in [1.82, 2.24) is 5.32 Å². The summed E-state index contributed by atoms with van der Waals surface area (Å²) >= 11 is 0. The van der Waals surface area contributed by atoms with E-state index < -0.39 is 0 Å². The molecule has 0 saturated carbocycles. The largest absolute Gasteiger partial charge is 0.508 e. The number of hydrogen-bond acceptors (Lipinski definition) is 3. The first-order chi connectivity index (χ1) is 6.65. The van der Waals surface area contributed by atoms with Gasteiger partial charge in [0.05, 0.1) is 6.61 Å². The molecule has 0 atom stereocenters. The van der Waals surface area contributed by atoms with E-state index in [-0.39, 0.29) is 24.8 Å². The van der Waals surface area contributed by atoms with Crippen LogP contribution in [0.25, 0.3) is 0 Å². The number of carbonyl (C=O) groups excluding carboxylic acids is 1. The molecule has 0 aliphatic rings. The number of aromatic hydroxyl groups is 1. The van der Waals surface area contributed by atoms with E-state index in [1.807, 2.05) is 0 Å². The van der Waals surface area contributed by atoms with Gasteiger partial charge in [0.2, 0.25) is 0 Å². The predicted octanol–water partition coefficient (Wildman–Crippen LogP) is 0.423. The fourth-order valence-electron chi connectivity index (χ4n) is 1.17. The molecule has 0 heterocycles. The van der Waals surface area contributed by atoms with Gasteiger partial charge >= 0.3 is 0 Å². The Morgan fingerprint density at radius 1 is 1.50 bits per heavy atom. The van der Waals surface area contributed by atoms with Gasteiger partial charge in [-0.25, -0.2) is 0 Å². The summed E-state index contributed by atoms with van der Waals surface area (Å²) in [5.41, 5.74) is 1.22. The van der Waals surface area contributed by atoms with Crippen LogP contribution in [0.3, 0.4) is 0 Å². The summed E-state index contributed by atoms with van der Waals surface area (Å²) in [6.07, 6.45) is 0. The summed E-state index contributed by atoms with van der Waals surface area (Å²) in [4.78, 5) is 11.4. The molecule has 1 rings (SSSR count). The van der Waals surface area contributed by atoms with Crippen molar-refractivity contribution in [2.45, 2.75) is 6.92 Å². The molecular formula is C10H13NO3. The van der Waals surface area contributed by atoms with Gasteiger partial charge in [0.15, 0.2) is 0 Å². The normalized spacial score (nSPS) is 9.86. The number of benzene rings is 1. The summed E-state index contributed by atoms with van der Waals surface area (Å²) in [6.45, 7) is 1.90. The highest BCUT2D eigenvalue weighted by Gasteiger charge is 2.07. The Bertz CT molecular complexity index is 336. The Labute approximate surface area is 82.2 Å². The number of rotatable bonds is 3. The second-order valence-electron chi connectivity index (χ2n) is 2.98. The van der Waals surface area contributed by atoms with Gasteiger partial charge in [-0.05, 0) is 30.7 Å². The van der Waals surface area contributed by atoms with Crippen molar-refractivity contribution in [3.8, 4) is 5.75 Å². The van der Waals surface area contributed by atoms with Gasteiger partial charge in [0, 0.05) is 12.1 Å². The molecule has 0 aliphatic heterocycles. The lowest BCUT2D eigenvalue weighted by Gasteiger charge is -2.06. The Kier molecular flexibility index (Phi) is 3.48. The molecule has 0 bridgehead atoms. The fourth-order valence-corrected chi connectivity index (χ4v) is 1.17. The molecule has 4 nitrogen and oxygen atoms in total. The number of nitrogens with one attached hydrogen (secondary N) is 1. The zero-order chi connectivity index (χ0) is 10.6. The third-order valence-electron chi connectivity index (χ3n) is 1.85. The van der Waals surface area contributed by atoms with E-state index in [9.17, 15) is 4.79 Å². The van der Waals surface area contributed by atoms with E-state index in [0.29, 0.717) is 11.1 Å². The van der Waals surface area contributed by atoms with Crippen molar-refractivity contribution < 1.29 is 15.0 Å². The zero-order valence-electron chi connectivity index (χ0n) is 7.95. The average Bonchev–Trinajstić information content (AvgIpc) is 2.14. The molecule has 14 heavy (non-hydrogen) atoms. The molecule has 0 spiro atoms. The Morgan fingerprint density at radius 3 is 2.79 bits per heavy atom. The second kappa shape index (κ2) is 4.62. The summed E-state index contributed by atoms with van der Waals surface area (Å²) in [5.74, 6) is -0.0993. The number of amides is 1. The molecular weight excluding hydrogens is 182 g/mol. The lowest BCUT2D eigenvalue weighted by molar-refractivity contribution is 0.0944. The lowest BCUT2D eigenvalue weighted by atomic mass is 10.1. The zero-order valence-corrected chi connectivity index (χ0v) is 7.95. The number of aryl methyl sites for hydroxylation is 1. The summed E-state index contributed by atoms with van der Waals surface area (Å²) in [7, 11) is 0. The van der Waals surface area contributed by atoms with Gasteiger partial charge in [0.25, 0.3) is 5.91 Å². The number of aliphatic hydroxyl groups excluding tert-OH is 1. The molecule has 1 aromatic rings. The van der Waals surface area contributed by atoms with Gasteiger partial charge in [0.1, 0.15) is 5.75 Å². The van der Waals surface area contributed by atoms with E-state index in [1.165, 1.54) is 12.1 Å². The first kappa shape index (κ1) is 10.5. The minimum absolute atomic E-state index is 0.0805. The third kappa shape index (κ3) is 2.47. The topological polar surface area (TPSA) is 69.6 Å². The molecule has 0 unspecified atom stereocenters. The SMILES string of the molecule is Cc1cc(O)ccc1C(=O)NCCO. The number of aliphatic hydroxyl groups is 1. The van der Waals surface area contributed by atoms with Crippen LogP contribution >= 0.6 is 0 Å². The van der Waals surface area contributed by atoms with Crippen molar-refractivity contribution >= 4 is 5.91 Å². The highest BCUT2D eigenvalue weighted by atomic mass is 16.3. The molecule has 76 valence electrons. The maximum Gasteiger partial charge on any atom is 0.251 e. The first-order valence-electron chi connectivity index (χ1n) is 4.34. The monoisotopic (exact) mass is 195 g/mol. The lowest BCUT2D eigenvalue weighted by Crippen LogP contribution is -2.26. The highest BCUT2D eigenvalue weighted by Crippen LogP contribution is 2.15. The van der Waals surface area contributed by atoms with Crippen LogP contribution in [-0.4, -0.2) is 29.3 Å². The van der Waals surface area contributed by atoms with Crippen LogP contribution in [0.1, 0.15) is 15.9 Å². The number of phenols is 1. The quantitative estimate of drug-likeness (QED) is 0.654. The van der Waals surface area contributed by atoms with Crippen molar-refractivity contribution in [3.05, 3.63) is 29.3 Å². The van der Waals surface area contributed by atoms with E-state index >= 15 is 0 Å². The van der Waals surface area contributed by atoms with E-state index in [4.69, 9.17) is 10.2 Å². The minimum atomic E-state index is -0.239. The van der Waals surface area contributed by atoms with Gasteiger partial charge < -0.3 is 15.5 Å². The van der Waals surface area contributed by atoms with Crippen LogP contribution in [0.2, 0.25) is 0 Å². The second-order valence-corrected chi connectivity index (χ2v) is 2.98. The molecule has 0 aromatic heterocycles. The van der Waals surface area contributed by atoms with Crippen molar-refractivity contribution in [2.75, 3.05) is 13.2 Å². The van der Waals surface area contributed by atoms with Crippen molar-refractivity contribution in [1.29, 1.82) is 0 Å². The summed E-state index contributed by atoms with van der Waals surface area (Å²) < 4.78 is 0. The Morgan fingerprint density at radius 2 is 2.21 bits per heavy atom. The van der Waals surface area contributed by atoms with Crippen LogP contribution in [0, 0.1) is 6.92 Å². The van der Waals surface area contributed by atoms with Crippen molar-refractivity contribution in [3.63, 3.8) is 0 Å². The van der Waals surface area contributed by atoms with E-state index in [1.54, 1.807) is 13.0 Å². The predicted molar refractivity (Wildman–Crippen MR) is 52.3 cm³/mol. The molecule has 1 amide bonds. The Hall–Kier alpha value is -1.55. The molecule has 0 radical (unpaired) electrons. The molecule has 0 saturated heterocycles. The van der Waals surface area contributed by atoms with Crippen molar-refractivity contribution in [2.24, 2.45) is 0 Å². The van der Waals surface area contributed by atoms with Gasteiger partial charge in [-0.1, -0.05) is 0 Å². The van der Waals surface area contributed by atoms with Crippen LogP contribution < -0.4 is 5.32 Å². The number of carbonyl (C=O) groups is 1. The number of hydrogen-bond donors (Lipinski definition) is 3. The minimum Gasteiger partial charge on any atom is -0.508 e. The molecule has 3 N–H and O–H groups in total. The molecule has 0 aliphatic carbocycles. The van der Waals surface area contributed by atoms with Crippen LogP contribution in [0.15, 0.2) is 18.2 Å². The van der Waals surface area contributed by atoms with Crippen LogP contribution in [0.4, 0.5) is 0 Å². The average molecular weight is 195 g/mol. The standard InChI is InChI=1S/C10H13NO3/c1-7-6-8(13)2-3-9(7)10(14)11-4-5-12/h2-3,6,12-13H,4-5H2,1H3,(H,11,14).